The third kappa shape index (κ3) is 8.58. The number of nitrogens with two attached hydrogens (primary N) is 1. The molecule has 3 atom stereocenters. The largest absolute Gasteiger partial charge is 0.397 e. The van der Waals surface area contributed by atoms with Gasteiger partial charge in [-0.3, -0.25) is 14.4 Å². The van der Waals surface area contributed by atoms with Gasteiger partial charge in [0.2, 0.25) is 17.7 Å². The first-order valence-electron chi connectivity index (χ1n) is 18.7. The molecular formula is C42H48N6O6. The van der Waals surface area contributed by atoms with Crippen molar-refractivity contribution in [2.24, 2.45) is 0 Å². The van der Waals surface area contributed by atoms with Gasteiger partial charge in [-0.1, -0.05) is 66.7 Å². The number of hydrogen-bond donors (Lipinski definition) is 5. The average Bonchev–Trinajstić information content (AvgIpc) is 3.51. The van der Waals surface area contributed by atoms with Gasteiger partial charge in [-0.15, -0.1) is 0 Å². The molecule has 0 aliphatic carbocycles. The highest BCUT2D eigenvalue weighted by molar-refractivity contribution is 5.95. The van der Waals surface area contributed by atoms with E-state index in [-0.39, 0.29) is 49.4 Å². The van der Waals surface area contributed by atoms with Crippen LogP contribution in [0.15, 0.2) is 103 Å². The Morgan fingerprint density at radius 3 is 2.20 bits per heavy atom. The first-order chi connectivity index (χ1) is 26.3. The van der Waals surface area contributed by atoms with Crippen molar-refractivity contribution >= 4 is 40.5 Å². The Morgan fingerprint density at radius 1 is 0.833 bits per heavy atom. The van der Waals surface area contributed by atoms with E-state index in [1.54, 1.807) is 24.3 Å². The first-order valence-corrected chi connectivity index (χ1v) is 18.7. The second-order valence-electron chi connectivity index (χ2n) is 14.3. The molecule has 4 aromatic carbocycles. The predicted octanol–water partition coefficient (Wildman–Crippen LogP) is 5.48. The van der Waals surface area contributed by atoms with Crippen molar-refractivity contribution < 1.29 is 29.0 Å². The van der Waals surface area contributed by atoms with Crippen molar-refractivity contribution in [1.82, 2.24) is 10.2 Å². The summed E-state index contributed by atoms with van der Waals surface area (Å²) in [5.74, 6) is -0.285. The SMILES string of the molecule is Nc1ccccc1NC(=O)CCCC(=O)Nc1ccc([C@H]2O[C@@H](CN3CCC4(CC3)C(=O)NCN4c3ccccc3)C[C@@H](c3ccc(CO)cc3)O2)cc1. The molecule has 6 N–H and O–H groups in total. The Kier molecular flexibility index (Phi) is 11.5. The van der Waals surface area contributed by atoms with Gasteiger partial charge in [0, 0.05) is 55.8 Å². The molecule has 3 heterocycles. The molecule has 0 bridgehead atoms. The Balaban J connectivity index is 0.963. The molecule has 0 radical (unpaired) electrons. The molecule has 3 fully saturated rings. The fourth-order valence-corrected chi connectivity index (χ4v) is 7.64. The normalized spacial score (nSPS) is 21.1. The average molecular weight is 733 g/mol. The second-order valence-corrected chi connectivity index (χ2v) is 14.3. The van der Waals surface area contributed by atoms with Gasteiger partial charge >= 0.3 is 0 Å². The highest BCUT2D eigenvalue weighted by Crippen LogP contribution is 2.40. The Morgan fingerprint density at radius 2 is 1.50 bits per heavy atom. The number of hydrogen-bond acceptors (Lipinski definition) is 9. The van der Waals surface area contributed by atoms with Crippen LogP contribution in [0.5, 0.6) is 0 Å². The standard InChI is InChI=1S/C42H48N6O6/c43-35-9-4-5-10-36(35)46-39(51)12-6-11-38(50)45-32-19-17-31(18-20-32)40-53-34(25-37(54-40)30-15-13-29(27-49)14-16-30)26-47-23-21-42(22-24-47)41(52)44-28-48(42)33-7-2-1-3-8-33/h1-5,7-10,13-20,34,37,40,49H,6,11-12,21-28,43H2,(H,44,52)(H,45,50)(H,46,51)/t34-,37+,40+/m1/s1. The topological polar surface area (TPSA) is 158 Å². The van der Waals surface area contributed by atoms with Crippen LogP contribution in [0.1, 0.15) is 67.6 Å². The lowest BCUT2D eigenvalue weighted by Crippen LogP contribution is -2.57. The number of piperidine rings is 1. The number of para-hydroxylation sites is 3. The third-order valence-electron chi connectivity index (χ3n) is 10.7. The van der Waals surface area contributed by atoms with Crippen LogP contribution in [0.25, 0.3) is 0 Å². The number of rotatable bonds is 12. The number of likely N-dealkylation sites (tertiary alicyclic amines) is 1. The summed E-state index contributed by atoms with van der Waals surface area (Å²) in [6.07, 6.45) is 1.85. The number of nitrogens with one attached hydrogen (secondary N) is 3. The molecule has 0 unspecified atom stereocenters. The van der Waals surface area contributed by atoms with Crippen LogP contribution in [0.3, 0.4) is 0 Å². The lowest BCUT2D eigenvalue weighted by atomic mass is 9.85. The summed E-state index contributed by atoms with van der Waals surface area (Å²) in [7, 11) is 0. The zero-order valence-corrected chi connectivity index (χ0v) is 30.3. The predicted molar refractivity (Wildman–Crippen MR) is 207 cm³/mol. The van der Waals surface area contributed by atoms with Gasteiger partial charge in [-0.2, -0.15) is 0 Å². The maximum atomic E-state index is 13.2. The van der Waals surface area contributed by atoms with E-state index >= 15 is 0 Å². The van der Waals surface area contributed by atoms with E-state index in [1.165, 1.54) is 0 Å². The molecule has 0 saturated carbocycles. The molecule has 3 aliphatic rings. The monoisotopic (exact) mass is 732 g/mol. The van der Waals surface area contributed by atoms with Gasteiger partial charge in [0.25, 0.3) is 0 Å². The van der Waals surface area contributed by atoms with Crippen LogP contribution in [0.2, 0.25) is 0 Å². The summed E-state index contributed by atoms with van der Waals surface area (Å²) in [4.78, 5) is 42.9. The third-order valence-corrected chi connectivity index (χ3v) is 10.7. The van der Waals surface area contributed by atoms with Crippen LogP contribution < -0.4 is 26.6 Å². The Labute approximate surface area is 315 Å². The van der Waals surface area contributed by atoms with Crippen LogP contribution >= 0.6 is 0 Å². The summed E-state index contributed by atoms with van der Waals surface area (Å²) in [6, 6.07) is 32.5. The number of carbonyl (C=O) groups is 3. The van der Waals surface area contributed by atoms with Crippen molar-refractivity contribution in [3.05, 3.63) is 120 Å². The number of amides is 3. The first kappa shape index (κ1) is 37.1. The molecule has 3 amide bonds. The summed E-state index contributed by atoms with van der Waals surface area (Å²) in [6.45, 7) is 2.70. The second kappa shape index (κ2) is 16.8. The van der Waals surface area contributed by atoms with Gasteiger partial charge in [0.1, 0.15) is 5.54 Å². The van der Waals surface area contributed by atoms with Crippen molar-refractivity contribution in [3.8, 4) is 0 Å². The molecule has 4 aromatic rings. The minimum absolute atomic E-state index is 0.0294. The molecular weight excluding hydrogens is 684 g/mol. The number of aliphatic hydroxyl groups is 1. The van der Waals surface area contributed by atoms with Crippen molar-refractivity contribution in [2.45, 2.75) is 69.2 Å². The summed E-state index contributed by atoms with van der Waals surface area (Å²) in [5.41, 5.74) is 10.7. The number of nitrogens with zero attached hydrogens (tertiary/aromatic N) is 2. The van der Waals surface area contributed by atoms with E-state index in [2.05, 4.69) is 37.9 Å². The molecule has 0 aromatic heterocycles. The Bertz CT molecular complexity index is 1900. The lowest BCUT2D eigenvalue weighted by molar-refractivity contribution is -0.253. The van der Waals surface area contributed by atoms with Crippen LogP contribution in [0.4, 0.5) is 22.7 Å². The van der Waals surface area contributed by atoms with E-state index in [0.717, 1.165) is 48.3 Å². The molecule has 12 nitrogen and oxygen atoms in total. The highest BCUT2D eigenvalue weighted by Gasteiger charge is 2.50. The molecule has 3 saturated heterocycles. The molecule has 3 aliphatic heterocycles. The maximum Gasteiger partial charge on any atom is 0.247 e. The number of nitrogen functional groups attached to an aromatic ring is 1. The zero-order valence-electron chi connectivity index (χ0n) is 30.3. The molecule has 7 rings (SSSR count). The fraction of sp³-hybridized carbons (Fsp3) is 0.357. The van der Waals surface area contributed by atoms with E-state index in [0.29, 0.717) is 43.1 Å². The van der Waals surface area contributed by atoms with Crippen LogP contribution in [0, 0.1) is 0 Å². The van der Waals surface area contributed by atoms with Gasteiger partial charge in [-0.25, -0.2) is 0 Å². The van der Waals surface area contributed by atoms with Gasteiger partial charge in [0.15, 0.2) is 6.29 Å². The smallest absolute Gasteiger partial charge is 0.247 e. The minimum Gasteiger partial charge on any atom is -0.397 e. The fourth-order valence-electron chi connectivity index (χ4n) is 7.64. The molecule has 54 heavy (non-hydrogen) atoms. The van der Waals surface area contributed by atoms with E-state index in [4.69, 9.17) is 15.2 Å². The van der Waals surface area contributed by atoms with Crippen molar-refractivity contribution in [3.63, 3.8) is 0 Å². The summed E-state index contributed by atoms with van der Waals surface area (Å²) >= 11 is 0. The van der Waals surface area contributed by atoms with Gasteiger partial charge < -0.3 is 46.1 Å². The van der Waals surface area contributed by atoms with Gasteiger partial charge in [-0.05, 0) is 66.8 Å². The number of benzene rings is 4. The zero-order chi connectivity index (χ0) is 37.5. The lowest BCUT2D eigenvalue weighted by Gasteiger charge is -2.45. The molecule has 1 spiro atoms. The number of anilines is 4. The van der Waals surface area contributed by atoms with E-state index in [1.807, 2.05) is 66.7 Å². The summed E-state index contributed by atoms with van der Waals surface area (Å²) in [5, 5.41) is 18.4. The van der Waals surface area contributed by atoms with Crippen LogP contribution in [-0.2, 0) is 30.5 Å². The molecule has 12 heteroatoms. The van der Waals surface area contributed by atoms with Crippen molar-refractivity contribution in [2.75, 3.05) is 47.6 Å². The van der Waals surface area contributed by atoms with Crippen molar-refractivity contribution in [1.29, 1.82) is 0 Å². The molecule has 282 valence electrons. The number of aliphatic hydroxyl groups excluding tert-OH is 1. The van der Waals surface area contributed by atoms with E-state index < -0.39 is 11.8 Å². The quantitative estimate of drug-likeness (QED) is 0.119. The van der Waals surface area contributed by atoms with Gasteiger partial charge in [0.05, 0.1) is 36.9 Å². The highest BCUT2D eigenvalue weighted by atomic mass is 16.7. The minimum atomic E-state index is -0.640. The Hall–Kier alpha value is -5.27. The summed E-state index contributed by atoms with van der Waals surface area (Å²) < 4.78 is 13.2. The number of ether oxygens (including phenoxy) is 2. The maximum absolute atomic E-state index is 13.2. The number of carbonyl (C=O) groups excluding carboxylic acids is 3. The van der Waals surface area contributed by atoms with E-state index in [9.17, 15) is 19.5 Å². The van der Waals surface area contributed by atoms with Crippen LogP contribution in [-0.4, -0.2) is 65.7 Å².